The minimum absolute atomic E-state index is 0.0758. The third-order valence-corrected chi connectivity index (χ3v) is 5.78. The molecule has 1 amide bonds. The lowest BCUT2D eigenvalue weighted by atomic mass is 10.2. The number of hydrogen-bond donors (Lipinski definition) is 1. The smallest absolute Gasteiger partial charge is 0.336 e. The third-order valence-electron chi connectivity index (χ3n) is 3.86. The minimum Gasteiger partial charge on any atom is -0.435 e. The summed E-state index contributed by atoms with van der Waals surface area (Å²) in [5.74, 6) is -2.30. The van der Waals surface area contributed by atoms with Crippen LogP contribution in [0.5, 0.6) is 0 Å². The average molecular weight is 453 g/mol. The van der Waals surface area contributed by atoms with Crippen molar-refractivity contribution in [3.8, 4) is 0 Å². The number of carbonyl (C=O) groups excluding carboxylic acids is 3. The van der Waals surface area contributed by atoms with Crippen molar-refractivity contribution in [1.82, 2.24) is 5.06 Å². The Morgan fingerprint density at radius 3 is 1.60 bits per heavy atom. The highest BCUT2D eigenvalue weighted by atomic mass is 31.2. The summed E-state index contributed by atoms with van der Waals surface area (Å²) in [7, 11) is -3.96. The molecule has 0 aromatic rings. The predicted octanol–water partition coefficient (Wildman–Crippen LogP) is 3.71. The molecule has 1 N–H and O–H groups in total. The summed E-state index contributed by atoms with van der Waals surface area (Å²) in [4.78, 5) is 34.6. The number of ether oxygens (including phenoxy) is 2. The standard InChI is InChI=1S/C19H36NO9P/c1-8-16(22)26-18(13(3)4)28-30(25,12-10-11-20(24)15(7)21)29-19(14(5)6)27-17(23)9-2/h13-14,18-19,24H,8-12H2,1-7H3. The highest BCUT2D eigenvalue weighted by molar-refractivity contribution is 7.53. The molecule has 2 atom stereocenters. The van der Waals surface area contributed by atoms with E-state index >= 15 is 0 Å². The van der Waals surface area contributed by atoms with E-state index in [9.17, 15) is 24.2 Å². The number of carbonyl (C=O) groups is 3. The van der Waals surface area contributed by atoms with Gasteiger partial charge in [-0.1, -0.05) is 41.5 Å². The van der Waals surface area contributed by atoms with E-state index in [0.717, 1.165) is 0 Å². The van der Waals surface area contributed by atoms with E-state index in [2.05, 4.69) is 0 Å². The maximum absolute atomic E-state index is 13.5. The van der Waals surface area contributed by atoms with Gasteiger partial charge in [-0.2, -0.15) is 0 Å². The van der Waals surface area contributed by atoms with Gasteiger partial charge in [-0.15, -0.1) is 0 Å². The van der Waals surface area contributed by atoms with Gasteiger partial charge in [0, 0.05) is 38.1 Å². The van der Waals surface area contributed by atoms with E-state index < -0.39 is 38.0 Å². The van der Waals surface area contributed by atoms with Crippen LogP contribution in [-0.2, 0) is 37.5 Å². The van der Waals surface area contributed by atoms with Gasteiger partial charge in [-0.3, -0.25) is 33.2 Å². The quantitative estimate of drug-likeness (QED) is 0.138. The molecule has 10 nitrogen and oxygen atoms in total. The van der Waals surface area contributed by atoms with E-state index in [-0.39, 0.29) is 43.8 Å². The van der Waals surface area contributed by atoms with Gasteiger partial charge >= 0.3 is 19.5 Å². The fourth-order valence-electron chi connectivity index (χ4n) is 2.00. The van der Waals surface area contributed by atoms with E-state index in [1.165, 1.54) is 6.92 Å². The molecule has 0 radical (unpaired) electrons. The SMILES string of the molecule is CCC(=O)OC(OP(=O)(CCCN(O)C(C)=O)OC(OC(=O)CC)C(C)C)C(C)C. The highest BCUT2D eigenvalue weighted by Crippen LogP contribution is 2.52. The van der Waals surface area contributed by atoms with Crippen LogP contribution in [-0.4, -0.2) is 53.4 Å². The molecule has 176 valence electrons. The van der Waals surface area contributed by atoms with Gasteiger partial charge in [0.15, 0.2) is 0 Å². The lowest BCUT2D eigenvalue weighted by Gasteiger charge is -2.30. The Labute approximate surface area is 178 Å². The normalized spacial score (nSPS) is 15.4. The summed E-state index contributed by atoms with van der Waals surface area (Å²) in [6.45, 7) is 11.2. The number of amides is 1. The van der Waals surface area contributed by atoms with E-state index in [0.29, 0.717) is 5.06 Å². The molecule has 0 aliphatic rings. The molecule has 0 aliphatic heterocycles. The zero-order valence-electron chi connectivity index (χ0n) is 19.0. The average Bonchev–Trinajstić information content (AvgIpc) is 2.66. The van der Waals surface area contributed by atoms with Crippen molar-refractivity contribution >= 4 is 25.4 Å². The lowest BCUT2D eigenvalue weighted by Crippen LogP contribution is -2.31. The molecule has 0 aromatic carbocycles. The van der Waals surface area contributed by atoms with Gasteiger partial charge in [0.2, 0.25) is 18.5 Å². The van der Waals surface area contributed by atoms with E-state index in [4.69, 9.17) is 18.5 Å². The second kappa shape index (κ2) is 13.7. The van der Waals surface area contributed by atoms with Crippen LogP contribution in [0.25, 0.3) is 0 Å². The lowest BCUT2D eigenvalue weighted by molar-refractivity contribution is -0.179. The predicted molar refractivity (Wildman–Crippen MR) is 108 cm³/mol. The Hall–Kier alpha value is -1.48. The monoisotopic (exact) mass is 453 g/mol. The minimum atomic E-state index is -3.96. The summed E-state index contributed by atoms with van der Waals surface area (Å²) in [5.41, 5.74) is 0. The first-order valence-corrected chi connectivity index (χ1v) is 11.9. The summed E-state index contributed by atoms with van der Waals surface area (Å²) in [5, 5.41) is 10.0. The number of hydrogen-bond acceptors (Lipinski definition) is 9. The molecule has 0 rings (SSSR count). The summed E-state index contributed by atoms with van der Waals surface area (Å²) >= 11 is 0. The summed E-state index contributed by atoms with van der Waals surface area (Å²) < 4.78 is 35.2. The molecule has 0 saturated heterocycles. The molecule has 0 bridgehead atoms. The second-order valence-electron chi connectivity index (χ2n) is 7.45. The van der Waals surface area contributed by atoms with Gasteiger partial charge in [0.25, 0.3) is 0 Å². The van der Waals surface area contributed by atoms with Crippen LogP contribution >= 0.6 is 7.60 Å². The van der Waals surface area contributed by atoms with Crippen LogP contribution < -0.4 is 0 Å². The van der Waals surface area contributed by atoms with E-state index in [1.807, 2.05) is 0 Å². The molecule has 0 aliphatic carbocycles. The zero-order valence-corrected chi connectivity index (χ0v) is 19.8. The van der Waals surface area contributed by atoms with Crippen LogP contribution in [0.3, 0.4) is 0 Å². The highest BCUT2D eigenvalue weighted by Gasteiger charge is 2.37. The molecule has 0 saturated carbocycles. The van der Waals surface area contributed by atoms with Crippen molar-refractivity contribution < 1.29 is 42.7 Å². The molecule has 0 spiro atoms. The molecule has 30 heavy (non-hydrogen) atoms. The Kier molecular flexibility index (Phi) is 13.1. The molecular weight excluding hydrogens is 417 g/mol. The van der Waals surface area contributed by atoms with Crippen LogP contribution in [0.2, 0.25) is 0 Å². The Morgan fingerprint density at radius 2 is 1.30 bits per heavy atom. The molecule has 2 unspecified atom stereocenters. The first-order chi connectivity index (χ1) is 13.8. The van der Waals surface area contributed by atoms with Crippen molar-refractivity contribution in [3.63, 3.8) is 0 Å². The first-order valence-electron chi connectivity index (χ1n) is 10.2. The largest absolute Gasteiger partial charge is 0.435 e. The van der Waals surface area contributed by atoms with Crippen LogP contribution in [0.1, 0.15) is 67.7 Å². The van der Waals surface area contributed by atoms with Gasteiger partial charge in [-0.05, 0) is 6.42 Å². The van der Waals surface area contributed by atoms with Gasteiger partial charge in [-0.25, -0.2) is 5.06 Å². The van der Waals surface area contributed by atoms with Gasteiger partial charge in [0.1, 0.15) is 0 Å². The van der Waals surface area contributed by atoms with Crippen molar-refractivity contribution in [2.45, 2.75) is 80.3 Å². The van der Waals surface area contributed by atoms with E-state index in [1.54, 1.807) is 41.5 Å². The van der Waals surface area contributed by atoms with Crippen LogP contribution in [0, 0.1) is 11.8 Å². The van der Waals surface area contributed by atoms with Crippen molar-refractivity contribution in [2.24, 2.45) is 11.8 Å². The first kappa shape index (κ1) is 28.5. The maximum Gasteiger partial charge on any atom is 0.336 e. The van der Waals surface area contributed by atoms with Crippen molar-refractivity contribution in [1.29, 1.82) is 0 Å². The summed E-state index contributed by atoms with van der Waals surface area (Å²) in [6, 6.07) is 0. The number of rotatable bonds is 14. The Morgan fingerprint density at radius 1 is 0.900 bits per heavy atom. The molecule has 11 heteroatoms. The molecular formula is C19H36NO9P. The van der Waals surface area contributed by atoms with Gasteiger partial charge < -0.3 is 9.47 Å². The van der Waals surface area contributed by atoms with Crippen LogP contribution in [0.15, 0.2) is 0 Å². The zero-order chi connectivity index (χ0) is 23.5. The fourth-order valence-corrected chi connectivity index (χ4v) is 4.00. The topological polar surface area (TPSA) is 129 Å². The number of esters is 2. The van der Waals surface area contributed by atoms with Crippen molar-refractivity contribution in [2.75, 3.05) is 12.7 Å². The third kappa shape index (κ3) is 11.1. The number of nitrogens with zero attached hydrogens (tertiary/aromatic N) is 1. The molecule has 0 heterocycles. The molecule has 0 fully saturated rings. The fraction of sp³-hybridized carbons (Fsp3) is 0.842. The Balaban J connectivity index is 5.57. The summed E-state index contributed by atoms with van der Waals surface area (Å²) in [6.07, 6.45) is -2.19. The van der Waals surface area contributed by atoms with Crippen LogP contribution in [0.4, 0.5) is 0 Å². The molecule has 0 aromatic heterocycles. The van der Waals surface area contributed by atoms with Crippen molar-refractivity contribution in [3.05, 3.63) is 0 Å². The second-order valence-corrected chi connectivity index (χ2v) is 9.54. The maximum atomic E-state index is 13.5. The Bertz CT molecular complexity index is 573. The van der Waals surface area contributed by atoms with Gasteiger partial charge in [0.05, 0.1) is 6.16 Å². The number of hydroxylamine groups is 2.